The normalized spacial score (nSPS) is 12.8. The van der Waals surface area contributed by atoms with Crippen LogP contribution in [0.1, 0.15) is 30.9 Å². The van der Waals surface area contributed by atoms with Crippen LogP contribution in [0.4, 0.5) is 23.4 Å². The number of benzene rings is 1. The van der Waals surface area contributed by atoms with Crippen molar-refractivity contribution < 1.29 is 17.6 Å². The van der Waals surface area contributed by atoms with Gasteiger partial charge in [-0.25, -0.2) is 29.0 Å². The Morgan fingerprint density at radius 1 is 1.08 bits per heavy atom. The highest BCUT2D eigenvalue weighted by Gasteiger charge is 2.35. The van der Waals surface area contributed by atoms with Gasteiger partial charge in [-0.05, 0) is 34.5 Å². The first-order chi connectivity index (χ1) is 17.2. The highest BCUT2D eigenvalue weighted by atomic mass is 79.9. The first kappa shape index (κ1) is 23.8. The Hall–Kier alpha value is -3.94. The fourth-order valence-corrected chi connectivity index (χ4v) is 4.83. The Labute approximate surface area is 209 Å². The first-order valence-corrected chi connectivity index (χ1v) is 11.4. The van der Waals surface area contributed by atoms with Gasteiger partial charge in [-0.3, -0.25) is 0 Å². The molecule has 0 aliphatic rings. The number of halogens is 5. The van der Waals surface area contributed by atoms with Crippen LogP contribution in [-0.4, -0.2) is 39.5 Å². The van der Waals surface area contributed by atoms with Gasteiger partial charge in [0.2, 0.25) is 5.82 Å². The molecule has 0 aliphatic heterocycles. The third-order valence-corrected chi connectivity index (χ3v) is 6.38. The number of nitrogens with two attached hydrogens (primary N) is 1. The average Bonchev–Trinajstić information content (AvgIpc) is 3.44. The second kappa shape index (κ2) is 8.93. The fourth-order valence-electron chi connectivity index (χ4n) is 3.99. The highest BCUT2D eigenvalue weighted by Crippen LogP contribution is 2.43. The van der Waals surface area contributed by atoms with Gasteiger partial charge in [-0.2, -0.15) is 13.2 Å². The number of hydrogen-bond donors (Lipinski definition) is 1. The van der Waals surface area contributed by atoms with E-state index in [9.17, 15) is 17.6 Å². The first-order valence-electron chi connectivity index (χ1n) is 10.6. The van der Waals surface area contributed by atoms with Crippen molar-refractivity contribution in [3.63, 3.8) is 0 Å². The maximum absolute atomic E-state index is 14.3. The number of aromatic nitrogens is 8. The second-order valence-corrected chi connectivity index (χ2v) is 8.50. The number of nitrogen functional groups attached to an aromatic ring is 1. The van der Waals surface area contributed by atoms with Gasteiger partial charge in [0.05, 0.1) is 22.2 Å². The number of rotatable bonds is 5. The summed E-state index contributed by atoms with van der Waals surface area (Å²) >= 11 is 3.57. The monoisotopic (exact) mass is 561 g/mol. The molecular formula is C22H16BrF4N9. The summed E-state index contributed by atoms with van der Waals surface area (Å²) in [4.78, 5) is 15.4. The van der Waals surface area contributed by atoms with Gasteiger partial charge in [-0.1, -0.05) is 24.3 Å². The molecule has 1 aromatic carbocycles. The molecule has 0 saturated carbocycles. The quantitative estimate of drug-likeness (QED) is 0.301. The Morgan fingerprint density at radius 3 is 2.47 bits per heavy atom. The van der Waals surface area contributed by atoms with E-state index in [1.165, 1.54) is 17.1 Å². The van der Waals surface area contributed by atoms with Crippen molar-refractivity contribution in [2.45, 2.75) is 25.6 Å². The Balaban J connectivity index is 1.67. The lowest BCUT2D eigenvalue weighted by Gasteiger charge is -2.17. The Kier molecular flexibility index (Phi) is 5.90. The molecule has 2 N–H and O–H groups in total. The van der Waals surface area contributed by atoms with E-state index in [2.05, 4.69) is 46.2 Å². The van der Waals surface area contributed by atoms with E-state index in [4.69, 9.17) is 5.73 Å². The van der Waals surface area contributed by atoms with Gasteiger partial charge < -0.3 is 10.3 Å². The number of anilines is 1. The van der Waals surface area contributed by atoms with Crippen LogP contribution < -0.4 is 5.73 Å². The van der Waals surface area contributed by atoms with Gasteiger partial charge in [-0.15, -0.1) is 5.10 Å². The van der Waals surface area contributed by atoms with E-state index in [0.717, 1.165) is 12.4 Å². The molecule has 1 unspecified atom stereocenters. The lowest BCUT2D eigenvalue weighted by Crippen LogP contribution is -2.12. The van der Waals surface area contributed by atoms with Crippen LogP contribution in [0.2, 0.25) is 0 Å². The van der Waals surface area contributed by atoms with E-state index < -0.39 is 23.9 Å². The predicted octanol–water partition coefficient (Wildman–Crippen LogP) is 4.97. The van der Waals surface area contributed by atoms with Crippen LogP contribution in [0.15, 0.2) is 53.8 Å². The molecule has 0 radical (unpaired) electrons. The van der Waals surface area contributed by atoms with Gasteiger partial charge in [0.25, 0.3) is 0 Å². The molecule has 4 heterocycles. The van der Waals surface area contributed by atoms with Gasteiger partial charge in [0.1, 0.15) is 35.0 Å². The Morgan fingerprint density at radius 2 is 1.81 bits per heavy atom. The summed E-state index contributed by atoms with van der Waals surface area (Å²) in [5.41, 5.74) is 8.03. The second-order valence-electron chi connectivity index (χ2n) is 7.75. The lowest BCUT2D eigenvalue weighted by molar-refractivity contribution is -0.144. The van der Waals surface area contributed by atoms with Crippen molar-refractivity contribution in [2.24, 2.45) is 0 Å². The van der Waals surface area contributed by atoms with E-state index in [1.807, 2.05) is 6.92 Å². The summed E-state index contributed by atoms with van der Waals surface area (Å²) in [6.07, 6.45) is 0.879. The molecule has 5 aromatic rings. The van der Waals surface area contributed by atoms with Crippen molar-refractivity contribution in [3.8, 4) is 16.8 Å². The summed E-state index contributed by atoms with van der Waals surface area (Å²) < 4.78 is 56.9. The molecule has 5 rings (SSSR count). The minimum absolute atomic E-state index is 0.124. The zero-order valence-electron chi connectivity index (χ0n) is 18.4. The maximum atomic E-state index is 14.3. The molecule has 1 atom stereocenters. The average molecular weight is 562 g/mol. The van der Waals surface area contributed by atoms with E-state index >= 15 is 0 Å². The molecule has 9 nitrogen and oxygen atoms in total. The molecule has 0 fully saturated rings. The standard InChI is InChI=1S/C22H16BrF4N9/c1-2-14(13-9-35(34-33-13)15-6-4-3-5-12(15)24)36-18(23)16(17-19(28)31-10-32-20(17)36)11-7-29-21(30-8-11)22(25,26)27/h3-10,14H,2H2,1H3,(H2,28,31,32). The smallest absolute Gasteiger partial charge is 0.383 e. The van der Waals surface area contributed by atoms with Gasteiger partial charge in [0, 0.05) is 23.5 Å². The van der Waals surface area contributed by atoms with Gasteiger partial charge >= 0.3 is 6.18 Å². The number of fused-ring (bicyclic) bond motifs is 1. The zero-order chi connectivity index (χ0) is 25.6. The largest absolute Gasteiger partial charge is 0.451 e. The van der Waals surface area contributed by atoms with E-state index in [-0.39, 0.29) is 17.1 Å². The topological polar surface area (TPSA) is 113 Å². The third kappa shape index (κ3) is 3.96. The van der Waals surface area contributed by atoms with Crippen molar-refractivity contribution in [1.29, 1.82) is 0 Å². The fraction of sp³-hybridized carbons (Fsp3) is 0.182. The molecule has 184 valence electrons. The molecular weight excluding hydrogens is 546 g/mol. The van der Waals surface area contributed by atoms with Crippen LogP contribution in [0.25, 0.3) is 27.8 Å². The molecule has 0 saturated heterocycles. The van der Waals surface area contributed by atoms with Crippen LogP contribution in [-0.2, 0) is 6.18 Å². The molecule has 4 aromatic heterocycles. The minimum atomic E-state index is -4.68. The summed E-state index contributed by atoms with van der Waals surface area (Å²) in [6, 6.07) is 5.71. The van der Waals surface area contributed by atoms with Gasteiger partial charge in [0.15, 0.2) is 0 Å². The van der Waals surface area contributed by atoms with Crippen LogP contribution in [0, 0.1) is 5.82 Å². The number of alkyl halides is 3. The molecule has 0 amide bonds. The van der Waals surface area contributed by atoms with E-state index in [0.29, 0.717) is 33.3 Å². The third-order valence-electron chi connectivity index (χ3n) is 5.60. The van der Waals surface area contributed by atoms with Crippen LogP contribution in [0.3, 0.4) is 0 Å². The SMILES string of the molecule is CCC(c1cn(-c2ccccc2F)nn1)n1c(Br)c(-c2cnc(C(F)(F)F)nc2)c2c(N)ncnc21. The van der Waals surface area contributed by atoms with Crippen molar-refractivity contribution >= 4 is 32.8 Å². The molecule has 0 aliphatic carbocycles. The minimum Gasteiger partial charge on any atom is -0.383 e. The van der Waals surface area contributed by atoms with Crippen LogP contribution >= 0.6 is 15.9 Å². The zero-order valence-corrected chi connectivity index (χ0v) is 20.0. The molecule has 0 bridgehead atoms. The molecule has 14 heteroatoms. The van der Waals surface area contributed by atoms with Crippen molar-refractivity contribution in [3.05, 3.63) is 71.1 Å². The Bertz CT molecular complexity index is 1560. The van der Waals surface area contributed by atoms with Crippen molar-refractivity contribution in [1.82, 2.24) is 39.5 Å². The number of hydrogen-bond acceptors (Lipinski definition) is 7. The number of para-hydroxylation sites is 1. The van der Waals surface area contributed by atoms with E-state index in [1.54, 1.807) is 29.0 Å². The van der Waals surface area contributed by atoms with Crippen molar-refractivity contribution in [2.75, 3.05) is 5.73 Å². The molecule has 0 spiro atoms. The summed E-state index contributed by atoms with van der Waals surface area (Å²) in [6.45, 7) is 1.91. The molecule has 36 heavy (non-hydrogen) atoms. The number of nitrogens with zero attached hydrogens (tertiary/aromatic N) is 8. The summed E-state index contributed by atoms with van der Waals surface area (Å²) in [5.74, 6) is -1.59. The van der Waals surface area contributed by atoms with Crippen LogP contribution in [0.5, 0.6) is 0 Å². The lowest BCUT2D eigenvalue weighted by atomic mass is 10.1. The predicted molar refractivity (Wildman–Crippen MR) is 125 cm³/mol. The summed E-state index contributed by atoms with van der Waals surface area (Å²) in [7, 11) is 0. The summed E-state index contributed by atoms with van der Waals surface area (Å²) in [5, 5.41) is 8.74. The highest BCUT2D eigenvalue weighted by molar-refractivity contribution is 9.10. The maximum Gasteiger partial charge on any atom is 0.451 e.